The summed E-state index contributed by atoms with van der Waals surface area (Å²) >= 11 is 0. The number of amides is 1. The van der Waals surface area contributed by atoms with Crippen molar-refractivity contribution in [3.8, 4) is 0 Å². The lowest BCUT2D eigenvalue weighted by Gasteiger charge is -2.26. The van der Waals surface area contributed by atoms with Crippen molar-refractivity contribution < 1.29 is 4.79 Å². The summed E-state index contributed by atoms with van der Waals surface area (Å²) in [6, 6.07) is 7.04. The monoisotopic (exact) mass is 343 g/mol. The summed E-state index contributed by atoms with van der Waals surface area (Å²) in [5.74, 6) is 0.236. The molecule has 0 radical (unpaired) electrons. The van der Waals surface area contributed by atoms with E-state index in [4.69, 9.17) is 0 Å². The number of hydrogen-bond acceptors (Lipinski definition) is 3. The fourth-order valence-electron chi connectivity index (χ4n) is 3.43. The van der Waals surface area contributed by atoms with Crippen molar-refractivity contribution in [1.82, 2.24) is 14.5 Å². The number of H-pyrrole nitrogens is 1. The van der Waals surface area contributed by atoms with E-state index in [-0.39, 0.29) is 17.2 Å². The lowest BCUT2D eigenvalue weighted by atomic mass is 10.1. The van der Waals surface area contributed by atoms with Crippen LogP contribution in [0.2, 0.25) is 0 Å². The Balaban J connectivity index is 1.51. The number of fused-ring (bicyclic) bond motifs is 1. The molecule has 2 aromatic rings. The van der Waals surface area contributed by atoms with Gasteiger partial charge in [-0.1, -0.05) is 18.6 Å². The minimum atomic E-state index is -0.368. The van der Waals surface area contributed by atoms with E-state index in [0.29, 0.717) is 30.3 Å². The van der Waals surface area contributed by atoms with Crippen LogP contribution in [0.15, 0.2) is 33.9 Å². The van der Waals surface area contributed by atoms with Gasteiger partial charge in [0.2, 0.25) is 5.91 Å². The Bertz CT molecular complexity index is 847. The first-order valence-electron chi connectivity index (χ1n) is 9.16. The number of aromatic amines is 1. The highest BCUT2D eigenvalue weighted by Gasteiger charge is 2.15. The third kappa shape index (κ3) is 4.18. The maximum absolute atomic E-state index is 12.4. The molecule has 0 spiro atoms. The minimum absolute atomic E-state index is 0.236. The highest BCUT2D eigenvalue weighted by Crippen LogP contribution is 2.12. The Morgan fingerprint density at radius 1 is 1.00 bits per heavy atom. The lowest BCUT2D eigenvalue weighted by Crippen LogP contribution is -2.35. The topological polar surface area (TPSA) is 75.2 Å². The van der Waals surface area contributed by atoms with E-state index < -0.39 is 0 Å². The summed E-state index contributed by atoms with van der Waals surface area (Å²) < 4.78 is 1.26. The summed E-state index contributed by atoms with van der Waals surface area (Å²) in [6.45, 7) is 2.16. The number of rotatable bonds is 6. The average molecular weight is 343 g/mol. The summed E-state index contributed by atoms with van der Waals surface area (Å²) in [5, 5.41) is 0.530. The van der Waals surface area contributed by atoms with Gasteiger partial charge in [-0.25, -0.2) is 4.79 Å². The van der Waals surface area contributed by atoms with Crippen LogP contribution in [-0.2, 0) is 11.3 Å². The Labute approximate surface area is 146 Å². The van der Waals surface area contributed by atoms with Gasteiger partial charge >= 0.3 is 5.69 Å². The van der Waals surface area contributed by atoms with Gasteiger partial charge < -0.3 is 9.88 Å². The van der Waals surface area contributed by atoms with Crippen molar-refractivity contribution >= 4 is 16.8 Å². The van der Waals surface area contributed by atoms with Crippen molar-refractivity contribution in [3.05, 3.63) is 45.1 Å². The van der Waals surface area contributed by atoms with Crippen LogP contribution in [0, 0.1) is 0 Å². The SMILES string of the molecule is O=C(CCCCCn1c(=O)[nH]c2ccccc2c1=O)N1CCCCC1. The molecule has 25 heavy (non-hydrogen) atoms. The summed E-state index contributed by atoms with van der Waals surface area (Å²) in [4.78, 5) is 41.3. The first kappa shape index (κ1) is 17.5. The van der Waals surface area contributed by atoms with Crippen LogP contribution < -0.4 is 11.2 Å². The smallest absolute Gasteiger partial charge is 0.328 e. The predicted octanol–water partition coefficient (Wildman–Crippen LogP) is 2.26. The van der Waals surface area contributed by atoms with Gasteiger partial charge in [-0.15, -0.1) is 0 Å². The zero-order valence-electron chi connectivity index (χ0n) is 14.5. The average Bonchev–Trinajstić information content (AvgIpc) is 2.64. The Morgan fingerprint density at radius 2 is 1.76 bits per heavy atom. The predicted molar refractivity (Wildman–Crippen MR) is 97.7 cm³/mol. The molecule has 1 fully saturated rings. The van der Waals surface area contributed by atoms with E-state index in [0.717, 1.165) is 38.8 Å². The van der Waals surface area contributed by atoms with E-state index in [9.17, 15) is 14.4 Å². The second-order valence-electron chi connectivity index (χ2n) is 6.68. The zero-order valence-corrected chi connectivity index (χ0v) is 14.5. The molecule has 6 heteroatoms. The van der Waals surface area contributed by atoms with Crippen molar-refractivity contribution in [2.45, 2.75) is 51.5 Å². The van der Waals surface area contributed by atoms with Crippen molar-refractivity contribution in [1.29, 1.82) is 0 Å². The molecule has 2 heterocycles. The molecule has 3 rings (SSSR count). The molecule has 1 aliphatic rings. The number of piperidine rings is 1. The van der Waals surface area contributed by atoms with E-state index >= 15 is 0 Å². The minimum Gasteiger partial charge on any atom is -0.343 e. The van der Waals surface area contributed by atoms with E-state index in [1.165, 1.54) is 11.0 Å². The zero-order chi connectivity index (χ0) is 17.6. The maximum atomic E-state index is 12.4. The van der Waals surface area contributed by atoms with Gasteiger partial charge in [0, 0.05) is 26.1 Å². The Morgan fingerprint density at radius 3 is 2.56 bits per heavy atom. The Hall–Kier alpha value is -2.37. The van der Waals surface area contributed by atoms with Crippen molar-refractivity contribution in [2.75, 3.05) is 13.1 Å². The molecule has 0 atom stereocenters. The summed E-state index contributed by atoms with van der Waals surface area (Å²) in [6.07, 6.45) is 6.35. The van der Waals surface area contributed by atoms with Gasteiger partial charge in [-0.3, -0.25) is 14.2 Å². The fourth-order valence-corrected chi connectivity index (χ4v) is 3.43. The quantitative estimate of drug-likeness (QED) is 0.818. The third-order valence-electron chi connectivity index (χ3n) is 4.87. The molecule has 1 aromatic heterocycles. The lowest BCUT2D eigenvalue weighted by molar-refractivity contribution is -0.132. The van der Waals surface area contributed by atoms with Crippen molar-refractivity contribution in [2.24, 2.45) is 0 Å². The molecule has 1 saturated heterocycles. The number of carbonyl (C=O) groups excluding carboxylic acids is 1. The normalized spacial score (nSPS) is 14.8. The van der Waals surface area contributed by atoms with Gasteiger partial charge in [0.15, 0.2) is 0 Å². The maximum Gasteiger partial charge on any atom is 0.328 e. The fraction of sp³-hybridized carbons (Fsp3) is 0.526. The van der Waals surface area contributed by atoms with E-state index in [2.05, 4.69) is 4.98 Å². The molecular formula is C19H25N3O3. The second kappa shape index (κ2) is 8.14. The molecule has 0 unspecified atom stereocenters. The standard InChI is InChI=1S/C19H25N3O3/c23-17(21-12-6-2-7-13-21)11-3-1-8-14-22-18(24)15-9-4-5-10-16(15)20-19(22)25/h4-5,9-10H,1-3,6-8,11-14H2,(H,20,25). The third-order valence-corrected chi connectivity index (χ3v) is 4.87. The molecular weight excluding hydrogens is 318 g/mol. The molecule has 6 nitrogen and oxygen atoms in total. The largest absolute Gasteiger partial charge is 0.343 e. The summed E-state index contributed by atoms with van der Waals surface area (Å²) in [5.41, 5.74) is -0.0438. The van der Waals surface area contributed by atoms with Gasteiger partial charge in [0.1, 0.15) is 0 Å². The molecule has 1 amide bonds. The second-order valence-corrected chi connectivity index (χ2v) is 6.68. The number of benzene rings is 1. The summed E-state index contributed by atoms with van der Waals surface area (Å²) in [7, 11) is 0. The van der Waals surface area contributed by atoms with E-state index in [1.54, 1.807) is 24.3 Å². The van der Waals surface area contributed by atoms with Gasteiger partial charge in [-0.05, 0) is 44.2 Å². The molecule has 0 bridgehead atoms. The van der Waals surface area contributed by atoms with Crippen molar-refractivity contribution in [3.63, 3.8) is 0 Å². The van der Waals surface area contributed by atoms with Gasteiger partial charge in [0.05, 0.1) is 10.9 Å². The van der Waals surface area contributed by atoms with Crippen LogP contribution in [0.5, 0.6) is 0 Å². The van der Waals surface area contributed by atoms with Crippen LogP contribution in [0.25, 0.3) is 10.9 Å². The molecule has 134 valence electrons. The first-order chi connectivity index (χ1) is 12.2. The van der Waals surface area contributed by atoms with Gasteiger partial charge in [-0.2, -0.15) is 0 Å². The number of hydrogen-bond donors (Lipinski definition) is 1. The Kier molecular flexibility index (Phi) is 5.68. The first-order valence-corrected chi connectivity index (χ1v) is 9.16. The number of carbonyl (C=O) groups is 1. The highest BCUT2D eigenvalue weighted by molar-refractivity contribution is 5.77. The molecule has 1 aromatic carbocycles. The van der Waals surface area contributed by atoms with E-state index in [1.807, 2.05) is 4.90 Å². The number of nitrogens with one attached hydrogen (secondary N) is 1. The highest BCUT2D eigenvalue weighted by atomic mass is 16.2. The van der Waals surface area contributed by atoms with Crippen LogP contribution in [0.3, 0.4) is 0 Å². The number of para-hydroxylation sites is 1. The number of aromatic nitrogens is 2. The molecule has 0 saturated carbocycles. The number of likely N-dealkylation sites (tertiary alicyclic amines) is 1. The van der Waals surface area contributed by atoms with Crippen LogP contribution >= 0.6 is 0 Å². The molecule has 1 aliphatic heterocycles. The molecule has 0 aliphatic carbocycles. The number of unbranched alkanes of at least 4 members (excludes halogenated alkanes) is 2. The number of nitrogens with zero attached hydrogens (tertiary/aromatic N) is 2. The van der Waals surface area contributed by atoms with Crippen LogP contribution in [-0.4, -0.2) is 33.4 Å². The molecule has 1 N–H and O–H groups in total. The van der Waals surface area contributed by atoms with Gasteiger partial charge in [0.25, 0.3) is 5.56 Å². The van der Waals surface area contributed by atoms with Crippen LogP contribution in [0.4, 0.5) is 0 Å². The van der Waals surface area contributed by atoms with Crippen LogP contribution in [0.1, 0.15) is 44.9 Å².